The smallest absolute Gasteiger partial charge is 0.322 e. The summed E-state index contributed by atoms with van der Waals surface area (Å²) in [7, 11) is 0. The molecule has 0 spiro atoms. The van der Waals surface area contributed by atoms with E-state index in [0.717, 1.165) is 0 Å². The van der Waals surface area contributed by atoms with E-state index in [9.17, 15) is 9.59 Å². The molecule has 0 aliphatic carbocycles. The van der Waals surface area contributed by atoms with Crippen molar-refractivity contribution in [2.75, 3.05) is 13.2 Å². The van der Waals surface area contributed by atoms with Crippen molar-refractivity contribution < 1.29 is 24.5 Å². The molecular weight excluding hydrogens is 270 g/mol. The minimum Gasteiger partial charge on any atom is -0.481 e. The molecule has 0 aromatic carbocycles. The van der Waals surface area contributed by atoms with Gasteiger partial charge in [0.1, 0.15) is 0 Å². The molecule has 1 unspecified atom stereocenters. The van der Waals surface area contributed by atoms with E-state index in [4.69, 9.17) is 45.0 Å². The molecule has 2 N–H and O–H groups in total. The minimum atomic E-state index is -1.45. The number of rotatable bonds is 4. The van der Waals surface area contributed by atoms with Crippen LogP contribution < -0.4 is 0 Å². The SMILES string of the molecule is CCOC(=O)C(CO)C(=O)O.ClC(Cl)Cl. The zero-order valence-corrected chi connectivity index (χ0v) is 10.1. The maximum absolute atomic E-state index is 10.7. The number of aliphatic hydroxyl groups excluding tert-OH is 1. The molecule has 8 heteroatoms. The molecule has 0 saturated carbocycles. The van der Waals surface area contributed by atoms with Crippen LogP contribution in [-0.4, -0.2) is 39.7 Å². The van der Waals surface area contributed by atoms with Crippen molar-refractivity contribution in [2.24, 2.45) is 5.92 Å². The monoisotopic (exact) mass is 280 g/mol. The second kappa shape index (κ2) is 10.3. The van der Waals surface area contributed by atoms with Gasteiger partial charge in [-0.05, 0) is 6.92 Å². The number of hydrogen-bond acceptors (Lipinski definition) is 4. The van der Waals surface area contributed by atoms with E-state index >= 15 is 0 Å². The minimum absolute atomic E-state index is 0.114. The first-order valence-electron chi connectivity index (χ1n) is 3.79. The average Bonchev–Trinajstić information content (AvgIpc) is 2.03. The van der Waals surface area contributed by atoms with E-state index in [1.165, 1.54) is 0 Å². The highest BCUT2D eigenvalue weighted by atomic mass is 35.6. The summed E-state index contributed by atoms with van der Waals surface area (Å²) >= 11 is 14.4. The zero-order chi connectivity index (χ0) is 12.4. The van der Waals surface area contributed by atoms with Crippen LogP contribution in [0.4, 0.5) is 0 Å². The maximum atomic E-state index is 10.7. The molecule has 5 nitrogen and oxygen atoms in total. The van der Waals surface area contributed by atoms with Crippen LogP contribution in [0.5, 0.6) is 0 Å². The number of aliphatic hydroxyl groups is 1. The summed E-state index contributed by atoms with van der Waals surface area (Å²) in [6.07, 6.45) is 0. The van der Waals surface area contributed by atoms with E-state index in [-0.39, 0.29) is 6.61 Å². The van der Waals surface area contributed by atoms with Gasteiger partial charge in [-0.1, -0.05) is 34.8 Å². The predicted octanol–water partition coefficient (Wildman–Crippen LogP) is 1.23. The van der Waals surface area contributed by atoms with Crippen molar-refractivity contribution >= 4 is 46.7 Å². The van der Waals surface area contributed by atoms with Gasteiger partial charge in [-0.2, -0.15) is 0 Å². The quantitative estimate of drug-likeness (QED) is 0.460. The van der Waals surface area contributed by atoms with Gasteiger partial charge in [0.2, 0.25) is 0 Å². The number of esters is 1. The Morgan fingerprint density at radius 1 is 1.33 bits per heavy atom. The Morgan fingerprint density at radius 3 is 1.93 bits per heavy atom. The number of halogens is 3. The van der Waals surface area contributed by atoms with E-state index in [0.29, 0.717) is 0 Å². The fraction of sp³-hybridized carbons (Fsp3) is 0.714. The summed E-state index contributed by atoms with van der Waals surface area (Å²) in [6.45, 7) is 0.949. The second-order valence-corrected chi connectivity index (χ2v) is 4.05. The fourth-order valence-electron chi connectivity index (χ4n) is 0.496. The number of carbonyl (C=O) groups is 2. The Bertz CT molecular complexity index is 194. The van der Waals surface area contributed by atoms with Gasteiger partial charge in [0.25, 0.3) is 0 Å². The summed E-state index contributed by atoms with van der Waals surface area (Å²) < 4.78 is 3.63. The number of carboxylic acids is 1. The van der Waals surface area contributed by atoms with E-state index < -0.39 is 28.8 Å². The standard InChI is InChI=1S/C6H10O5.CHCl3/c1-2-11-6(10)4(3-7)5(8)9;2-1(3)4/h4,7H,2-3H2,1H3,(H,8,9);1H. The van der Waals surface area contributed by atoms with Gasteiger partial charge < -0.3 is 14.9 Å². The van der Waals surface area contributed by atoms with Crippen molar-refractivity contribution in [1.29, 1.82) is 0 Å². The predicted molar refractivity (Wildman–Crippen MR) is 56.2 cm³/mol. The van der Waals surface area contributed by atoms with Crippen LogP contribution in [0.1, 0.15) is 6.92 Å². The first kappa shape index (κ1) is 17.2. The molecule has 0 amide bonds. The van der Waals surface area contributed by atoms with Gasteiger partial charge in [-0.15, -0.1) is 0 Å². The van der Waals surface area contributed by atoms with Crippen molar-refractivity contribution in [1.82, 2.24) is 0 Å². The number of aliphatic carboxylic acids is 1. The highest BCUT2D eigenvalue weighted by molar-refractivity contribution is 6.63. The third-order valence-electron chi connectivity index (χ3n) is 1.05. The van der Waals surface area contributed by atoms with E-state index in [1.807, 2.05) is 0 Å². The van der Waals surface area contributed by atoms with Crippen LogP contribution >= 0.6 is 34.8 Å². The molecule has 1 atom stereocenters. The third-order valence-corrected chi connectivity index (χ3v) is 1.05. The van der Waals surface area contributed by atoms with Crippen LogP contribution in [0.3, 0.4) is 0 Å². The van der Waals surface area contributed by atoms with Gasteiger partial charge in [0.15, 0.2) is 10.2 Å². The lowest BCUT2D eigenvalue weighted by Gasteiger charge is -2.06. The highest BCUT2D eigenvalue weighted by Crippen LogP contribution is 2.03. The highest BCUT2D eigenvalue weighted by Gasteiger charge is 2.26. The molecule has 90 valence electrons. The molecule has 0 saturated heterocycles. The summed E-state index contributed by atoms with van der Waals surface area (Å²) in [4.78, 5) is 20.8. The van der Waals surface area contributed by atoms with Gasteiger partial charge in [-0.3, -0.25) is 9.59 Å². The number of hydrogen-bond donors (Lipinski definition) is 2. The molecule has 0 heterocycles. The Hall–Kier alpha value is -0.230. The van der Waals surface area contributed by atoms with Crippen LogP contribution in [0.25, 0.3) is 0 Å². The van der Waals surface area contributed by atoms with Crippen molar-refractivity contribution in [3.63, 3.8) is 0 Å². The maximum Gasteiger partial charge on any atom is 0.322 e. The zero-order valence-electron chi connectivity index (χ0n) is 7.82. The number of carbonyl (C=O) groups excluding carboxylic acids is 1. The second-order valence-electron chi connectivity index (χ2n) is 2.07. The summed E-state index contributed by atoms with van der Waals surface area (Å²) in [5.74, 6) is -3.72. The molecule has 0 aliphatic rings. The molecule has 0 rings (SSSR count). The van der Waals surface area contributed by atoms with E-state index in [1.54, 1.807) is 6.92 Å². The van der Waals surface area contributed by atoms with Gasteiger partial charge in [-0.25, -0.2) is 0 Å². The molecule has 0 aromatic heterocycles. The Labute approximate surface area is 102 Å². The first-order valence-corrected chi connectivity index (χ1v) is 5.10. The van der Waals surface area contributed by atoms with E-state index in [2.05, 4.69) is 4.74 Å². The number of alkyl halides is 3. The van der Waals surface area contributed by atoms with Crippen molar-refractivity contribution in [2.45, 2.75) is 11.2 Å². The molecule has 0 aliphatic heterocycles. The molecule has 0 aromatic rings. The Morgan fingerprint density at radius 2 is 1.73 bits per heavy atom. The average molecular weight is 282 g/mol. The van der Waals surface area contributed by atoms with Crippen LogP contribution in [0, 0.1) is 5.92 Å². The number of carboxylic acid groups (broad SMARTS) is 1. The fourth-order valence-corrected chi connectivity index (χ4v) is 0.496. The first-order chi connectivity index (χ1) is 6.86. The third kappa shape index (κ3) is 11.7. The molecule has 0 radical (unpaired) electrons. The largest absolute Gasteiger partial charge is 0.481 e. The lowest BCUT2D eigenvalue weighted by atomic mass is 10.2. The summed E-state index contributed by atoms with van der Waals surface area (Å²) in [6, 6.07) is 0. The lowest BCUT2D eigenvalue weighted by Crippen LogP contribution is -2.28. The van der Waals surface area contributed by atoms with Crippen LogP contribution in [-0.2, 0) is 14.3 Å². The topological polar surface area (TPSA) is 83.8 Å². The Balaban J connectivity index is 0. The van der Waals surface area contributed by atoms with Gasteiger partial charge in [0.05, 0.1) is 13.2 Å². The van der Waals surface area contributed by atoms with Crippen LogP contribution in [0.15, 0.2) is 0 Å². The van der Waals surface area contributed by atoms with Gasteiger partial charge in [0, 0.05) is 0 Å². The normalized spacial score (nSPS) is 11.3. The van der Waals surface area contributed by atoms with Crippen molar-refractivity contribution in [3.05, 3.63) is 0 Å². The summed E-state index contributed by atoms with van der Waals surface area (Å²) in [5, 5.41) is 16.7. The molecule has 0 bridgehead atoms. The summed E-state index contributed by atoms with van der Waals surface area (Å²) in [5.41, 5.74) is 0. The number of ether oxygens (including phenoxy) is 1. The van der Waals surface area contributed by atoms with Crippen LogP contribution in [0.2, 0.25) is 0 Å². The molecule has 15 heavy (non-hydrogen) atoms. The Kier molecular flexibility index (Phi) is 11.8. The van der Waals surface area contributed by atoms with Gasteiger partial charge >= 0.3 is 11.9 Å². The molecular formula is C7H11Cl3O5. The molecule has 0 fully saturated rings. The lowest BCUT2D eigenvalue weighted by molar-refractivity contribution is -0.160. The van der Waals surface area contributed by atoms with Crippen molar-refractivity contribution in [3.8, 4) is 0 Å².